The fourth-order valence-corrected chi connectivity index (χ4v) is 2.54. The van der Waals surface area contributed by atoms with Crippen LogP contribution < -0.4 is 0 Å². The van der Waals surface area contributed by atoms with E-state index in [9.17, 15) is 4.79 Å². The number of unbranched alkanes of at least 4 members (excludes halogenated alkanes) is 4. The lowest BCUT2D eigenvalue weighted by atomic mass is 10.2. The fourth-order valence-electron chi connectivity index (χ4n) is 1.61. The van der Waals surface area contributed by atoms with Crippen molar-refractivity contribution in [2.45, 2.75) is 71.3 Å². The fraction of sp³-hybridized carbons (Fsp3) is 0.923. The highest BCUT2D eigenvalue weighted by molar-refractivity contribution is 6.32. The third-order valence-corrected chi connectivity index (χ3v) is 5.09. The molecule has 3 nitrogen and oxygen atoms in total. The van der Waals surface area contributed by atoms with Crippen LogP contribution >= 0.6 is 0 Å². The van der Waals surface area contributed by atoms with Crippen LogP contribution in [0, 0.1) is 0 Å². The molecule has 4 heteroatoms. The average molecular weight is 260 g/mol. The molecule has 0 aliphatic heterocycles. The number of hydrogen-bond donors (Lipinski definition) is 0. The van der Waals surface area contributed by atoms with Gasteiger partial charge in [0.1, 0.15) is 0 Å². The molecule has 0 aromatic carbocycles. The van der Waals surface area contributed by atoms with Crippen LogP contribution in [0.25, 0.3) is 0 Å². The predicted octanol–water partition coefficient (Wildman–Crippen LogP) is 3.80. The topological polar surface area (TPSA) is 35.5 Å². The lowest BCUT2D eigenvalue weighted by molar-refractivity contribution is 0.0980. The maximum absolute atomic E-state index is 11.3. The largest absolute Gasteiger partial charge is 0.494 e. The molecule has 17 heavy (non-hydrogen) atoms. The molecule has 0 bridgehead atoms. The van der Waals surface area contributed by atoms with E-state index in [1.807, 2.05) is 0 Å². The molecule has 0 spiro atoms. The van der Waals surface area contributed by atoms with Gasteiger partial charge in [-0.25, -0.2) is 4.79 Å². The Morgan fingerprint density at radius 2 is 1.71 bits per heavy atom. The van der Waals surface area contributed by atoms with E-state index in [4.69, 9.17) is 9.16 Å². The first-order valence-electron chi connectivity index (χ1n) is 7.04. The molecule has 0 heterocycles. The summed E-state index contributed by atoms with van der Waals surface area (Å²) in [5.74, 6) is 0. The van der Waals surface area contributed by atoms with Gasteiger partial charge in [0.05, 0.1) is 6.61 Å². The molecule has 0 amide bonds. The first-order chi connectivity index (χ1) is 8.24. The van der Waals surface area contributed by atoms with Gasteiger partial charge >= 0.3 is 6.16 Å². The summed E-state index contributed by atoms with van der Waals surface area (Å²) in [5, 5.41) is 0. The minimum atomic E-state index is -0.744. The molecular weight excluding hydrogens is 232 g/mol. The normalized spacial score (nSPS) is 11.3. The van der Waals surface area contributed by atoms with Crippen molar-refractivity contribution >= 4 is 15.9 Å². The summed E-state index contributed by atoms with van der Waals surface area (Å²) in [7, 11) is -0.744. The van der Waals surface area contributed by atoms with Crippen molar-refractivity contribution in [2.75, 3.05) is 6.61 Å². The highest BCUT2D eigenvalue weighted by atomic mass is 28.2. The van der Waals surface area contributed by atoms with Gasteiger partial charge < -0.3 is 9.16 Å². The molecule has 102 valence electrons. The molecule has 0 saturated carbocycles. The Morgan fingerprint density at radius 1 is 1.06 bits per heavy atom. The first kappa shape index (κ1) is 16.5. The molecule has 0 N–H and O–H groups in total. The van der Waals surface area contributed by atoms with Gasteiger partial charge in [-0.2, -0.15) is 0 Å². The van der Waals surface area contributed by atoms with Crippen LogP contribution in [-0.4, -0.2) is 22.5 Å². The molecule has 0 rings (SSSR count). The number of hydrogen-bond acceptors (Lipinski definition) is 3. The van der Waals surface area contributed by atoms with Crippen molar-refractivity contribution in [3.05, 3.63) is 0 Å². The third kappa shape index (κ3) is 10.4. The Morgan fingerprint density at radius 3 is 2.29 bits per heavy atom. The van der Waals surface area contributed by atoms with E-state index < -0.39 is 15.9 Å². The van der Waals surface area contributed by atoms with Gasteiger partial charge in [0.25, 0.3) is 0 Å². The molecule has 0 aromatic rings. The van der Waals surface area contributed by atoms with Crippen molar-refractivity contribution in [3.63, 3.8) is 0 Å². The summed E-state index contributed by atoms with van der Waals surface area (Å²) in [6.45, 7) is 6.99. The van der Waals surface area contributed by atoms with Crippen LogP contribution in [0.4, 0.5) is 4.79 Å². The lowest BCUT2D eigenvalue weighted by Crippen LogP contribution is -2.15. The van der Waals surface area contributed by atoms with Crippen LogP contribution in [-0.2, 0) is 9.16 Å². The molecule has 0 unspecified atom stereocenters. The number of rotatable bonds is 10. The molecule has 0 aromatic heterocycles. The molecule has 0 radical (unpaired) electrons. The van der Waals surface area contributed by atoms with Crippen LogP contribution in [0.2, 0.25) is 5.54 Å². The Hall–Kier alpha value is -0.513. The van der Waals surface area contributed by atoms with Gasteiger partial charge in [-0.15, -0.1) is 0 Å². The van der Waals surface area contributed by atoms with Crippen molar-refractivity contribution < 1.29 is 14.0 Å². The Balaban J connectivity index is 3.34. The summed E-state index contributed by atoms with van der Waals surface area (Å²) in [5.41, 5.74) is 0.604. The molecule has 0 aliphatic rings. The Bertz CT molecular complexity index is 182. The predicted molar refractivity (Wildman–Crippen MR) is 74.1 cm³/mol. The first-order valence-corrected chi connectivity index (χ1v) is 8.43. The van der Waals surface area contributed by atoms with Gasteiger partial charge in [-0.1, -0.05) is 59.3 Å². The summed E-state index contributed by atoms with van der Waals surface area (Å²) in [6.07, 6.45) is 7.61. The van der Waals surface area contributed by atoms with Crippen LogP contribution in [0.5, 0.6) is 0 Å². The molecule has 0 aliphatic carbocycles. The molecule has 0 fully saturated rings. The van der Waals surface area contributed by atoms with E-state index in [2.05, 4.69) is 20.8 Å². The highest BCUT2D eigenvalue weighted by Crippen LogP contribution is 2.13. The summed E-state index contributed by atoms with van der Waals surface area (Å²) in [4.78, 5) is 11.3. The zero-order valence-electron chi connectivity index (χ0n) is 11.7. The van der Waals surface area contributed by atoms with Crippen LogP contribution in [0.1, 0.15) is 65.7 Å². The highest BCUT2D eigenvalue weighted by Gasteiger charge is 2.09. The van der Waals surface area contributed by atoms with Crippen molar-refractivity contribution in [3.8, 4) is 0 Å². The number of carbonyl (C=O) groups excluding carboxylic acids is 1. The minimum absolute atomic E-state index is 0.445. The maximum atomic E-state index is 11.3. The summed E-state index contributed by atoms with van der Waals surface area (Å²) < 4.78 is 10.2. The van der Waals surface area contributed by atoms with Crippen molar-refractivity contribution in [1.29, 1.82) is 0 Å². The van der Waals surface area contributed by atoms with Gasteiger partial charge in [0, 0.05) is 0 Å². The molecular formula is C13H28O3Si. The van der Waals surface area contributed by atoms with Gasteiger partial charge in [0.15, 0.2) is 0 Å². The number of ether oxygens (including phenoxy) is 1. The quantitative estimate of drug-likeness (QED) is 0.340. The summed E-state index contributed by atoms with van der Waals surface area (Å²) in [6, 6.07) is 0. The maximum Gasteiger partial charge on any atom is 0.493 e. The zero-order valence-corrected chi connectivity index (χ0v) is 13.1. The van der Waals surface area contributed by atoms with E-state index in [1.165, 1.54) is 19.3 Å². The second kappa shape index (κ2) is 12.0. The second-order valence-corrected chi connectivity index (χ2v) is 6.28. The molecule has 0 atom stereocenters. The molecule has 0 saturated heterocycles. The standard InChI is InChI=1S/C13H28O3Si/c1-4-7-8-9-10-11-15-13(14)16-17-12(5-2)6-3/h12H,4-11,17H2,1-3H3. The Kier molecular flexibility index (Phi) is 11.6. The lowest BCUT2D eigenvalue weighted by Gasteiger charge is -2.11. The van der Waals surface area contributed by atoms with Crippen molar-refractivity contribution in [1.82, 2.24) is 0 Å². The van der Waals surface area contributed by atoms with Crippen molar-refractivity contribution in [2.24, 2.45) is 0 Å². The van der Waals surface area contributed by atoms with E-state index in [0.717, 1.165) is 25.7 Å². The van der Waals surface area contributed by atoms with E-state index >= 15 is 0 Å². The van der Waals surface area contributed by atoms with Crippen LogP contribution in [0.15, 0.2) is 0 Å². The van der Waals surface area contributed by atoms with Crippen LogP contribution in [0.3, 0.4) is 0 Å². The van der Waals surface area contributed by atoms with E-state index in [-0.39, 0.29) is 0 Å². The Labute approximate surface area is 108 Å². The SMILES string of the molecule is CCCCCCCOC(=O)O[SiH2]C(CC)CC. The third-order valence-electron chi connectivity index (χ3n) is 3.06. The number of carbonyl (C=O) groups is 1. The minimum Gasteiger partial charge on any atom is -0.494 e. The van der Waals surface area contributed by atoms with Gasteiger partial charge in [0.2, 0.25) is 9.76 Å². The van der Waals surface area contributed by atoms with E-state index in [1.54, 1.807) is 0 Å². The van der Waals surface area contributed by atoms with E-state index in [0.29, 0.717) is 12.1 Å². The smallest absolute Gasteiger partial charge is 0.493 e. The second-order valence-electron chi connectivity index (χ2n) is 4.51. The summed E-state index contributed by atoms with van der Waals surface area (Å²) >= 11 is 0. The monoisotopic (exact) mass is 260 g/mol. The van der Waals surface area contributed by atoms with Gasteiger partial charge in [-0.3, -0.25) is 0 Å². The zero-order chi connectivity index (χ0) is 12.9. The average Bonchev–Trinajstić information content (AvgIpc) is 2.35. The van der Waals surface area contributed by atoms with Gasteiger partial charge in [-0.05, 0) is 12.0 Å².